The van der Waals surface area contributed by atoms with Gasteiger partial charge in [0.25, 0.3) is 0 Å². The minimum absolute atomic E-state index is 0.0281. The van der Waals surface area contributed by atoms with Crippen LogP contribution in [0, 0.1) is 0 Å². The third-order valence-electron chi connectivity index (χ3n) is 6.70. The number of aromatic nitrogens is 3. The van der Waals surface area contributed by atoms with E-state index in [0.717, 1.165) is 23.9 Å². The van der Waals surface area contributed by atoms with Gasteiger partial charge in [-0.3, -0.25) is 4.79 Å². The van der Waals surface area contributed by atoms with Gasteiger partial charge in [-0.25, -0.2) is 14.8 Å². The number of pyridine rings is 1. The molecule has 0 aliphatic heterocycles. The number of nitrogens with one attached hydrogen (secondary N) is 1. The molecule has 7 heteroatoms. The van der Waals surface area contributed by atoms with Gasteiger partial charge in [-0.2, -0.15) is 0 Å². The Labute approximate surface area is 225 Å². The summed E-state index contributed by atoms with van der Waals surface area (Å²) < 4.78 is 0. The van der Waals surface area contributed by atoms with Gasteiger partial charge in [0, 0.05) is 28.8 Å². The molecule has 2 N–H and O–H groups in total. The molecule has 0 aliphatic carbocycles. The lowest BCUT2D eigenvalue weighted by atomic mass is 9.87. The van der Waals surface area contributed by atoms with Crippen molar-refractivity contribution < 1.29 is 14.7 Å². The second-order valence-corrected chi connectivity index (χ2v) is 9.68. The zero-order valence-electron chi connectivity index (χ0n) is 20.8. The number of H-pyrrole nitrogens is 1. The van der Waals surface area contributed by atoms with Crippen LogP contribution in [-0.4, -0.2) is 31.8 Å². The van der Waals surface area contributed by atoms with Crippen molar-refractivity contribution in [3.8, 4) is 22.5 Å². The Kier molecular flexibility index (Phi) is 7.33. The van der Waals surface area contributed by atoms with Crippen molar-refractivity contribution in [1.29, 1.82) is 0 Å². The van der Waals surface area contributed by atoms with Gasteiger partial charge >= 0.3 is 5.97 Å². The van der Waals surface area contributed by atoms with Gasteiger partial charge in [0.2, 0.25) is 0 Å². The van der Waals surface area contributed by atoms with Crippen LogP contribution in [-0.2, 0) is 0 Å². The number of ketones is 1. The molecule has 0 saturated heterocycles. The molecular formula is C31H26ClN3O3. The summed E-state index contributed by atoms with van der Waals surface area (Å²) in [5, 5.41) is 10.6. The standard InChI is InChI=1S/C31H26ClN3O3/c1-2-7-20(19-8-4-3-5-9-19)17-28(36)21-11-13-23(26(16-21)31(37)38)25-18-22(32)12-14-24(25)29-34-27-10-6-15-33-30(27)35-29/h3-6,8-16,18,20H,2,7,17H2,1H3,(H,37,38)(H,33,34,35)/t20-/m0/s1. The number of carboxylic acid groups (broad SMARTS) is 1. The summed E-state index contributed by atoms with van der Waals surface area (Å²) in [4.78, 5) is 37.9. The molecule has 190 valence electrons. The van der Waals surface area contributed by atoms with Crippen molar-refractivity contribution in [2.24, 2.45) is 0 Å². The molecule has 0 amide bonds. The number of imidazole rings is 1. The molecule has 2 aromatic heterocycles. The fraction of sp³-hybridized carbons (Fsp3) is 0.161. The van der Waals surface area contributed by atoms with Crippen LogP contribution in [0.5, 0.6) is 0 Å². The van der Waals surface area contributed by atoms with E-state index in [1.54, 1.807) is 36.5 Å². The van der Waals surface area contributed by atoms with Crippen molar-refractivity contribution in [2.75, 3.05) is 0 Å². The van der Waals surface area contributed by atoms with Crippen LogP contribution in [0.4, 0.5) is 0 Å². The van der Waals surface area contributed by atoms with E-state index in [9.17, 15) is 14.7 Å². The highest BCUT2D eigenvalue weighted by Gasteiger charge is 2.22. The molecular weight excluding hydrogens is 498 g/mol. The molecule has 0 unspecified atom stereocenters. The molecule has 2 heterocycles. The SMILES string of the molecule is CCC[C@@H](CC(=O)c1ccc(-c2cc(Cl)ccc2-c2nc3ncccc3[nH]2)c(C(=O)O)c1)c1ccccc1. The smallest absolute Gasteiger partial charge is 0.336 e. The van der Waals surface area contributed by atoms with Crippen LogP contribution >= 0.6 is 11.6 Å². The van der Waals surface area contributed by atoms with Crippen molar-refractivity contribution in [3.63, 3.8) is 0 Å². The van der Waals surface area contributed by atoms with Crippen molar-refractivity contribution in [3.05, 3.63) is 107 Å². The zero-order chi connectivity index (χ0) is 26.6. The number of halogens is 1. The first-order valence-corrected chi connectivity index (χ1v) is 12.9. The molecule has 38 heavy (non-hydrogen) atoms. The van der Waals surface area contributed by atoms with Crippen LogP contribution in [0.2, 0.25) is 5.02 Å². The number of hydrogen-bond donors (Lipinski definition) is 2. The topological polar surface area (TPSA) is 95.9 Å². The highest BCUT2D eigenvalue weighted by Crippen LogP contribution is 2.36. The van der Waals surface area contributed by atoms with Crippen LogP contribution in [0.25, 0.3) is 33.7 Å². The highest BCUT2D eigenvalue weighted by molar-refractivity contribution is 6.31. The normalized spacial score (nSPS) is 11.9. The van der Waals surface area contributed by atoms with Crippen molar-refractivity contribution in [1.82, 2.24) is 15.0 Å². The molecule has 0 fully saturated rings. The minimum Gasteiger partial charge on any atom is -0.478 e. The molecule has 0 saturated carbocycles. The summed E-state index contributed by atoms with van der Waals surface area (Å²) in [5.74, 6) is -0.592. The summed E-state index contributed by atoms with van der Waals surface area (Å²) in [6.45, 7) is 2.10. The number of benzene rings is 3. The molecule has 0 spiro atoms. The predicted octanol–water partition coefficient (Wildman–Crippen LogP) is 7.80. The average Bonchev–Trinajstić information content (AvgIpc) is 3.37. The number of fused-ring (bicyclic) bond motifs is 1. The first-order valence-electron chi connectivity index (χ1n) is 12.5. The van der Waals surface area contributed by atoms with E-state index in [-0.39, 0.29) is 17.3 Å². The Bertz CT molecular complexity index is 1600. The molecule has 5 aromatic rings. The van der Waals surface area contributed by atoms with Gasteiger partial charge in [0.15, 0.2) is 11.4 Å². The summed E-state index contributed by atoms with van der Waals surface area (Å²) in [6.07, 6.45) is 3.79. The summed E-state index contributed by atoms with van der Waals surface area (Å²) in [6, 6.07) is 23.8. The lowest BCUT2D eigenvalue weighted by Crippen LogP contribution is -2.10. The summed E-state index contributed by atoms with van der Waals surface area (Å²) >= 11 is 6.35. The lowest BCUT2D eigenvalue weighted by Gasteiger charge is -2.17. The predicted molar refractivity (Wildman–Crippen MR) is 150 cm³/mol. The second kappa shape index (κ2) is 11.0. The van der Waals surface area contributed by atoms with E-state index >= 15 is 0 Å². The third-order valence-corrected chi connectivity index (χ3v) is 6.93. The van der Waals surface area contributed by atoms with E-state index < -0.39 is 5.97 Å². The van der Waals surface area contributed by atoms with Crippen LogP contribution in [0.1, 0.15) is 58.4 Å². The van der Waals surface area contributed by atoms with Gasteiger partial charge in [0.05, 0.1) is 11.1 Å². The van der Waals surface area contributed by atoms with Gasteiger partial charge < -0.3 is 10.1 Å². The van der Waals surface area contributed by atoms with E-state index in [0.29, 0.717) is 45.2 Å². The Morgan fingerprint density at radius 1 is 0.947 bits per heavy atom. The van der Waals surface area contributed by atoms with Crippen molar-refractivity contribution >= 4 is 34.5 Å². The molecule has 0 aliphatic rings. The maximum absolute atomic E-state index is 13.3. The molecule has 3 aromatic carbocycles. The summed E-state index contributed by atoms with van der Waals surface area (Å²) in [7, 11) is 0. The number of aromatic carboxylic acids is 1. The Morgan fingerprint density at radius 2 is 1.74 bits per heavy atom. The largest absolute Gasteiger partial charge is 0.478 e. The quantitative estimate of drug-likeness (QED) is 0.192. The first-order chi connectivity index (χ1) is 18.4. The Hall–Kier alpha value is -4.29. The van der Waals surface area contributed by atoms with Gasteiger partial charge in [-0.1, -0.05) is 67.4 Å². The fourth-order valence-corrected chi connectivity index (χ4v) is 5.02. The Balaban J connectivity index is 1.54. The molecule has 5 rings (SSSR count). The van der Waals surface area contributed by atoms with Gasteiger partial charge in [0.1, 0.15) is 5.82 Å². The van der Waals surface area contributed by atoms with E-state index in [4.69, 9.17) is 11.6 Å². The number of nitrogens with zero attached hydrogens (tertiary/aromatic N) is 2. The van der Waals surface area contributed by atoms with E-state index in [1.165, 1.54) is 6.07 Å². The first kappa shape index (κ1) is 25.4. The lowest BCUT2D eigenvalue weighted by molar-refractivity contribution is 0.0697. The minimum atomic E-state index is -1.12. The zero-order valence-corrected chi connectivity index (χ0v) is 21.6. The fourth-order valence-electron chi connectivity index (χ4n) is 4.85. The van der Waals surface area contributed by atoms with E-state index in [2.05, 4.69) is 21.9 Å². The molecule has 1 atom stereocenters. The van der Waals surface area contributed by atoms with Crippen LogP contribution in [0.3, 0.4) is 0 Å². The highest BCUT2D eigenvalue weighted by atomic mass is 35.5. The molecule has 0 bridgehead atoms. The number of carbonyl (C=O) groups excluding carboxylic acids is 1. The summed E-state index contributed by atoms with van der Waals surface area (Å²) in [5.41, 5.74) is 4.57. The number of Topliss-reactive ketones (excluding diaryl/α,β-unsaturated/α-hetero) is 1. The molecule has 6 nitrogen and oxygen atoms in total. The van der Waals surface area contributed by atoms with Crippen LogP contribution in [0.15, 0.2) is 85.1 Å². The van der Waals surface area contributed by atoms with Gasteiger partial charge in [-0.05, 0) is 65.4 Å². The third kappa shape index (κ3) is 5.22. The van der Waals surface area contributed by atoms with E-state index in [1.807, 2.05) is 42.5 Å². The van der Waals surface area contributed by atoms with Gasteiger partial charge in [-0.15, -0.1) is 0 Å². The number of hydrogen-bond acceptors (Lipinski definition) is 4. The van der Waals surface area contributed by atoms with Crippen molar-refractivity contribution in [2.45, 2.75) is 32.1 Å². The van der Waals surface area contributed by atoms with Crippen LogP contribution < -0.4 is 0 Å². The number of carbonyl (C=O) groups is 2. The number of aromatic amines is 1. The molecule has 0 radical (unpaired) electrons. The number of rotatable bonds is 9. The second-order valence-electron chi connectivity index (χ2n) is 9.24. The number of carboxylic acids is 1. The maximum Gasteiger partial charge on any atom is 0.336 e. The monoisotopic (exact) mass is 523 g/mol. The Morgan fingerprint density at radius 3 is 2.47 bits per heavy atom. The maximum atomic E-state index is 13.3. The average molecular weight is 524 g/mol.